The van der Waals surface area contributed by atoms with Crippen LogP contribution in [0.5, 0.6) is 0 Å². The van der Waals surface area contributed by atoms with Crippen molar-refractivity contribution in [3.05, 3.63) is 64.3 Å². The predicted octanol–water partition coefficient (Wildman–Crippen LogP) is 3.81. The molecule has 0 radical (unpaired) electrons. The van der Waals surface area contributed by atoms with E-state index in [0.717, 1.165) is 67.7 Å². The van der Waals surface area contributed by atoms with Gasteiger partial charge >= 0.3 is 0 Å². The van der Waals surface area contributed by atoms with Crippen molar-refractivity contribution < 1.29 is 4.39 Å². The standard InChI is InChI=1S/C22H31FN4OS/c1-3-24-22(26-15-7-17-29-20-12-10-19(23)11-13-20)25-14-4-5-16-27-18(2)8-6-9-21(27)28/h6,8-13H,3-5,7,14-17H2,1-2H3,(H2,24,25,26). The van der Waals surface area contributed by atoms with Crippen LogP contribution in [0, 0.1) is 12.7 Å². The summed E-state index contributed by atoms with van der Waals surface area (Å²) in [6.45, 7) is 7.12. The Bertz CT molecular complexity index is 820. The Balaban J connectivity index is 1.65. The van der Waals surface area contributed by atoms with Gasteiger partial charge < -0.3 is 15.2 Å². The second kappa shape index (κ2) is 13.0. The van der Waals surface area contributed by atoms with Crippen molar-refractivity contribution in [2.75, 3.05) is 25.4 Å². The topological polar surface area (TPSA) is 58.4 Å². The second-order valence-electron chi connectivity index (χ2n) is 6.71. The lowest BCUT2D eigenvalue weighted by Crippen LogP contribution is -2.38. The summed E-state index contributed by atoms with van der Waals surface area (Å²) in [6, 6.07) is 12.0. The highest BCUT2D eigenvalue weighted by Crippen LogP contribution is 2.18. The van der Waals surface area contributed by atoms with Gasteiger partial charge in [0, 0.05) is 42.8 Å². The molecular formula is C22H31FN4OS. The molecular weight excluding hydrogens is 387 g/mol. The Morgan fingerprint density at radius 3 is 2.62 bits per heavy atom. The minimum absolute atomic E-state index is 0.0615. The fourth-order valence-electron chi connectivity index (χ4n) is 2.83. The maximum atomic E-state index is 12.9. The molecule has 1 aromatic carbocycles. The average molecular weight is 419 g/mol. The molecule has 0 bridgehead atoms. The van der Waals surface area contributed by atoms with E-state index in [1.165, 1.54) is 12.1 Å². The van der Waals surface area contributed by atoms with Crippen LogP contribution in [0.15, 0.2) is 57.1 Å². The minimum Gasteiger partial charge on any atom is -0.357 e. The number of nitrogens with zero attached hydrogens (tertiary/aromatic N) is 2. The molecule has 1 aromatic heterocycles. The van der Waals surface area contributed by atoms with Crippen LogP contribution in [-0.4, -0.2) is 35.9 Å². The molecule has 0 saturated heterocycles. The van der Waals surface area contributed by atoms with Crippen molar-refractivity contribution >= 4 is 17.7 Å². The number of rotatable bonds is 11. The number of thioether (sulfide) groups is 1. The molecule has 0 aliphatic carbocycles. The molecule has 1 heterocycles. The molecule has 0 unspecified atom stereocenters. The number of halogens is 1. The van der Waals surface area contributed by atoms with Crippen LogP contribution in [0.25, 0.3) is 0 Å². The zero-order valence-electron chi connectivity index (χ0n) is 17.3. The summed E-state index contributed by atoms with van der Waals surface area (Å²) in [5.41, 5.74) is 1.06. The number of aromatic nitrogens is 1. The first-order chi connectivity index (χ1) is 14.1. The summed E-state index contributed by atoms with van der Waals surface area (Å²) in [7, 11) is 0. The first-order valence-corrected chi connectivity index (χ1v) is 11.2. The van der Waals surface area contributed by atoms with Crippen LogP contribution in [-0.2, 0) is 6.54 Å². The first kappa shape index (κ1) is 23.0. The van der Waals surface area contributed by atoms with E-state index in [9.17, 15) is 9.18 Å². The van der Waals surface area contributed by atoms with E-state index >= 15 is 0 Å². The summed E-state index contributed by atoms with van der Waals surface area (Å²) in [5.74, 6) is 1.57. The molecule has 7 heteroatoms. The number of hydrogen-bond acceptors (Lipinski definition) is 3. The quantitative estimate of drug-likeness (QED) is 0.252. The summed E-state index contributed by atoms with van der Waals surface area (Å²) in [5, 5.41) is 6.61. The van der Waals surface area contributed by atoms with Gasteiger partial charge in [-0.05, 0) is 69.2 Å². The normalized spacial score (nSPS) is 11.5. The highest BCUT2D eigenvalue weighted by Gasteiger charge is 2.01. The number of pyridine rings is 1. The van der Waals surface area contributed by atoms with Gasteiger partial charge in [0.15, 0.2) is 5.96 Å². The van der Waals surface area contributed by atoms with Crippen molar-refractivity contribution in [2.24, 2.45) is 4.99 Å². The van der Waals surface area contributed by atoms with Gasteiger partial charge in [0.25, 0.3) is 5.56 Å². The predicted molar refractivity (Wildman–Crippen MR) is 120 cm³/mol. The van der Waals surface area contributed by atoms with Gasteiger partial charge in [0.1, 0.15) is 5.82 Å². The Morgan fingerprint density at radius 1 is 1.10 bits per heavy atom. The molecule has 2 N–H and O–H groups in total. The number of guanidine groups is 1. The summed E-state index contributed by atoms with van der Waals surface area (Å²) in [6.07, 6.45) is 2.85. The van der Waals surface area contributed by atoms with Crippen LogP contribution < -0.4 is 16.2 Å². The Labute approximate surface area is 176 Å². The monoisotopic (exact) mass is 418 g/mol. The molecule has 0 saturated carbocycles. The maximum absolute atomic E-state index is 12.9. The molecule has 0 aliphatic rings. The Kier molecular flexibility index (Phi) is 10.3. The number of nitrogens with one attached hydrogen (secondary N) is 2. The molecule has 2 rings (SSSR count). The lowest BCUT2D eigenvalue weighted by atomic mass is 10.3. The molecule has 29 heavy (non-hydrogen) atoms. The molecule has 0 aliphatic heterocycles. The molecule has 0 atom stereocenters. The molecule has 158 valence electrons. The van der Waals surface area contributed by atoms with E-state index in [-0.39, 0.29) is 11.4 Å². The lowest BCUT2D eigenvalue weighted by Gasteiger charge is -2.12. The SMILES string of the molecule is CCNC(=NCCCSc1ccc(F)cc1)NCCCCn1c(C)cccc1=O. The fraction of sp³-hybridized carbons (Fsp3) is 0.455. The number of aliphatic imine (C=N–C) groups is 1. The molecule has 0 spiro atoms. The van der Waals surface area contributed by atoms with Gasteiger partial charge in [-0.1, -0.05) is 6.07 Å². The summed E-state index contributed by atoms with van der Waals surface area (Å²) < 4.78 is 14.7. The number of hydrogen-bond donors (Lipinski definition) is 2. The second-order valence-corrected chi connectivity index (χ2v) is 7.88. The van der Waals surface area contributed by atoms with E-state index < -0.39 is 0 Å². The van der Waals surface area contributed by atoms with Crippen LogP contribution in [0.3, 0.4) is 0 Å². The summed E-state index contributed by atoms with van der Waals surface area (Å²) >= 11 is 1.71. The van der Waals surface area contributed by atoms with Gasteiger partial charge in [-0.25, -0.2) is 4.39 Å². The van der Waals surface area contributed by atoms with E-state index in [1.54, 1.807) is 36.0 Å². The van der Waals surface area contributed by atoms with Crippen LogP contribution in [0.2, 0.25) is 0 Å². The zero-order chi connectivity index (χ0) is 20.9. The highest BCUT2D eigenvalue weighted by atomic mass is 32.2. The average Bonchev–Trinajstić information content (AvgIpc) is 2.70. The fourth-order valence-corrected chi connectivity index (χ4v) is 3.67. The third-order valence-corrected chi connectivity index (χ3v) is 5.47. The van der Waals surface area contributed by atoms with Gasteiger partial charge in [0.05, 0.1) is 0 Å². The van der Waals surface area contributed by atoms with Gasteiger partial charge in [-0.15, -0.1) is 11.8 Å². The van der Waals surface area contributed by atoms with Crippen molar-refractivity contribution in [3.8, 4) is 0 Å². The van der Waals surface area contributed by atoms with Gasteiger partial charge in [0.2, 0.25) is 0 Å². The third-order valence-electron chi connectivity index (χ3n) is 4.37. The Hall–Kier alpha value is -2.28. The number of benzene rings is 1. The number of aryl methyl sites for hydroxylation is 1. The molecule has 5 nitrogen and oxygen atoms in total. The largest absolute Gasteiger partial charge is 0.357 e. The lowest BCUT2D eigenvalue weighted by molar-refractivity contribution is 0.575. The van der Waals surface area contributed by atoms with E-state index in [1.807, 2.05) is 24.5 Å². The van der Waals surface area contributed by atoms with Crippen molar-refractivity contribution in [1.82, 2.24) is 15.2 Å². The van der Waals surface area contributed by atoms with Crippen LogP contribution in [0.4, 0.5) is 4.39 Å². The number of unbranched alkanes of at least 4 members (excludes halogenated alkanes) is 1. The van der Waals surface area contributed by atoms with Crippen molar-refractivity contribution in [2.45, 2.75) is 44.6 Å². The summed E-state index contributed by atoms with van der Waals surface area (Å²) in [4.78, 5) is 17.6. The van der Waals surface area contributed by atoms with Crippen LogP contribution in [0.1, 0.15) is 31.9 Å². The van der Waals surface area contributed by atoms with E-state index in [2.05, 4.69) is 15.6 Å². The van der Waals surface area contributed by atoms with Crippen LogP contribution >= 0.6 is 11.8 Å². The molecule has 2 aromatic rings. The third kappa shape index (κ3) is 8.73. The van der Waals surface area contributed by atoms with Crippen molar-refractivity contribution in [1.29, 1.82) is 0 Å². The molecule has 0 fully saturated rings. The van der Waals surface area contributed by atoms with Crippen molar-refractivity contribution in [3.63, 3.8) is 0 Å². The van der Waals surface area contributed by atoms with Gasteiger partial charge in [-0.2, -0.15) is 0 Å². The Morgan fingerprint density at radius 2 is 1.90 bits per heavy atom. The maximum Gasteiger partial charge on any atom is 0.250 e. The highest BCUT2D eigenvalue weighted by molar-refractivity contribution is 7.99. The van der Waals surface area contributed by atoms with E-state index in [4.69, 9.17) is 0 Å². The first-order valence-electron chi connectivity index (χ1n) is 10.2. The smallest absolute Gasteiger partial charge is 0.250 e. The minimum atomic E-state index is -0.203. The zero-order valence-corrected chi connectivity index (χ0v) is 18.1. The van der Waals surface area contributed by atoms with Gasteiger partial charge in [-0.3, -0.25) is 9.79 Å². The van der Waals surface area contributed by atoms with E-state index in [0.29, 0.717) is 0 Å². The molecule has 0 amide bonds.